The molecule has 0 amide bonds. The Balaban J connectivity index is 2.06. The summed E-state index contributed by atoms with van der Waals surface area (Å²) in [5.41, 5.74) is 3.60. The van der Waals surface area contributed by atoms with Crippen molar-refractivity contribution in [3.63, 3.8) is 0 Å². The molecule has 0 heterocycles. The van der Waals surface area contributed by atoms with Gasteiger partial charge in [-0.05, 0) is 18.3 Å². The van der Waals surface area contributed by atoms with Crippen molar-refractivity contribution < 1.29 is 0 Å². The van der Waals surface area contributed by atoms with Crippen LogP contribution in [0.25, 0.3) is 0 Å². The molecule has 0 aromatic heterocycles. The molecule has 0 bridgehead atoms. The van der Waals surface area contributed by atoms with Crippen LogP contribution in [0.2, 0.25) is 0 Å². The van der Waals surface area contributed by atoms with Gasteiger partial charge in [-0.3, -0.25) is 0 Å². The molecule has 2 aliphatic carbocycles. The van der Waals surface area contributed by atoms with E-state index in [1.807, 2.05) is 0 Å². The molecule has 0 aromatic rings. The minimum atomic E-state index is 0.843. The molecule has 0 N–H and O–H groups in total. The fraction of sp³-hybridized carbons (Fsp3) is 0.778. The van der Waals surface area contributed by atoms with E-state index in [0.29, 0.717) is 0 Å². The Bertz CT molecular complexity index is 174. The predicted octanol–water partition coefficient (Wildman–Crippen LogP) is 2.61. The quantitative estimate of drug-likeness (QED) is 0.469. The van der Waals surface area contributed by atoms with E-state index in [4.69, 9.17) is 0 Å². The van der Waals surface area contributed by atoms with E-state index < -0.39 is 0 Å². The van der Waals surface area contributed by atoms with E-state index in [-0.39, 0.29) is 0 Å². The Morgan fingerprint density at radius 3 is 2.22 bits per heavy atom. The number of rotatable bonds is 1. The van der Waals surface area contributed by atoms with Gasteiger partial charge >= 0.3 is 0 Å². The average molecular weight is 122 g/mol. The second-order valence-electron chi connectivity index (χ2n) is 3.79. The van der Waals surface area contributed by atoms with Crippen LogP contribution in [0.1, 0.15) is 27.2 Å². The van der Waals surface area contributed by atoms with Crippen molar-refractivity contribution in [1.29, 1.82) is 0 Å². The molecule has 9 heavy (non-hydrogen) atoms. The maximum Gasteiger partial charge on any atom is 0.00442 e. The summed E-state index contributed by atoms with van der Waals surface area (Å²) in [6.07, 6.45) is 1.41. The lowest BCUT2D eigenvalue weighted by molar-refractivity contribution is 0.424. The first-order chi connectivity index (χ1) is 4.22. The summed E-state index contributed by atoms with van der Waals surface area (Å²) in [5, 5.41) is 0. The molecule has 0 saturated heterocycles. The minimum absolute atomic E-state index is 0.843. The lowest BCUT2D eigenvalue weighted by Crippen LogP contribution is -2.10. The zero-order valence-electron chi connectivity index (χ0n) is 6.44. The van der Waals surface area contributed by atoms with Gasteiger partial charge in [-0.2, -0.15) is 0 Å². The maximum atomic E-state index is 2.36. The molecule has 2 atom stereocenters. The first-order valence-electron chi connectivity index (χ1n) is 3.94. The van der Waals surface area contributed by atoms with Gasteiger partial charge in [0.2, 0.25) is 0 Å². The molecule has 2 rings (SSSR count). The summed E-state index contributed by atoms with van der Waals surface area (Å²) in [5.74, 6) is 2.83. The molecular weight excluding hydrogens is 108 g/mol. The Morgan fingerprint density at radius 2 is 2.11 bits per heavy atom. The number of allylic oxidation sites excluding steroid dienone is 2. The van der Waals surface area contributed by atoms with Crippen molar-refractivity contribution in [2.24, 2.45) is 17.8 Å². The third-order valence-corrected chi connectivity index (χ3v) is 2.73. The molecule has 1 saturated carbocycles. The predicted molar refractivity (Wildman–Crippen MR) is 39.1 cm³/mol. The lowest BCUT2D eigenvalue weighted by atomic mass is 9.85. The number of hydrogen-bond donors (Lipinski definition) is 0. The highest BCUT2D eigenvalue weighted by atomic mass is 14.5. The van der Waals surface area contributed by atoms with Crippen LogP contribution in [0, 0.1) is 17.8 Å². The zero-order chi connectivity index (χ0) is 6.59. The highest BCUT2D eigenvalue weighted by Gasteiger charge is 2.49. The van der Waals surface area contributed by atoms with Gasteiger partial charge in [0.15, 0.2) is 0 Å². The first kappa shape index (κ1) is 5.52. The van der Waals surface area contributed by atoms with Crippen LogP contribution in [-0.4, -0.2) is 0 Å². The highest BCUT2D eigenvalue weighted by Crippen LogP contribution is 2.61. The SMILES string of the molecule is CC(C)C1=C2CC(C)C21. The van der Waals surface area contributed by atoms with Crippen LogP contribution in [0.15, 0.2) is 11.1 Å². The standard InChI is InChI=1S/C9H14/c1-5(2)8-7-4-6(3)9(7)8/h5-6,9H,4H2,1-3H3. The molecule has 1 fully saturated rings. The first-order valence-corrected chi connectivity index (χ1v) is 3.94. The number of hydrogen-bond acceptors (Lipinski definition) is 0. The van der Waals surface area contributed by atoms with Crippen LogP contribution in [-0.2, 0) is 0 Å². The van der Waals surface area contributed by atoms with E-state index in [1.165, 1.54) is 6.42 Å². The zero-order valence-corrected chi connectivity index (χ0v) is 6.44. The third kappa shape index (κ3) is 0.540. The molecule has 2 unspecified atom stereocenters. The van der Waals surface area contributed by atoms with E-state index in [2.05, 4.69) is 20.8 Å². The van der Waals surface area contributed by atoms with Gasteiger partial charge < -0.3 is 0 Å². The second kappa shape index (κ2) is 1.42. The van der Waals surface area contributed by atoms with Crippen molar-refractivity contribution in [2.45, 2.75) is 27.2 Å². The second-order valence-corrected chi connectivity index (χ2v) is 3.79. The van der Waals surface area contributed by atoms with Gasteiger partial charge in [-0.25, -0.2) is 0 Å². The molecule has 0 aromatic carbocycles. The summed E-state index contributed by atoms with van der Waals surface area (Å²) < 4.78 is 0. The average Bonchev–Trinajstić information content (AvgIpc) is 2.35. The van der Waals surface area contributed by atoms with Crippen LogP contribution >= 0.6 is 0 Å². The van der Waals surface area contributed by atoms with Crippen LogP contribution in [0.4, 0.5) is 0 Å². The van der Waals surface area contributed by atoms with Crippen molar-refractivity contribution in [2.75, 3.05) is 0 Å². The summed E-state index contributed by atoms with van der Waals surface area (Å²) in [4.78, 5) is 0. The van der Waals surface area contributed by atoms with E-state index in [1.54, 1.807) is 11.1 Å². The van der Waals surface area contributed by atoms with Crippen LogP contribution < -0.4 is 0 Å². The summed E-state index contributed by atoms with van der Waals surface area (Å²) in [6.45, 7) is 6.99. The molecule has 50 valence electrons. The van der Waals surface area contributed by atoms with Gasteiger partial charge in [0, 0.05) is 5.92 Å². The summed E-state index contributed by atoms with van der Waals surface area (Å²) in [7, 11) is 0. The molecular formula is C9H14. The third-order valence-electron chi connectivity index (χ3n) is 2.73. The van der Waals surface area contributed by atoms with Crippen molar-refractivity contribution in [1.82, 2.24) is 0 Å². The molecule has 0 aliphatic heterocycles. The Hall–Kier alpha value is -0.260. The Labute approximate surface area is 57.0 Å². The van der Waals surface area contributed by atoms with Gasteiger partial charge in [0.05, 0.1) is 0 Å². The van der Waals surface area contributed by atoms with Gasteiger partial charge in [0.25, 0.3) is 0 Å². The Morgan fingerprint density at radius 1 is 1.44 bits per heavy atom. The molecule has 0 spiro atoms. The molecule has 2 aliphatic rings. The summed E-state index contributed by atoms with van der Waals surface area (Å²) in [6, 6.07) is 0. The van der Waals surface area contributed by atoms with Crippen molar-refractivity contribution in [3.8, 4) is 0 Å². The summed E-state index contributed by atoms with van der Waals surface area (Å²) >= 11 is 0. The van der Waals surface area contributed by atoms with Gasteiger partial charge in [-0.1, -0.05) is 31.9 Å². The largest absolute Gasteiger partial charge is 0.0624 e. The fourth-order valence-electron chi connectivity index (χ4n) is 2.24. The monoisotopic (exact) mass is 122 g/mol. The number of fused-ring (bicyclic) bond motifs is 1. The topological polar surface area (TPSA) is 0 Å². The highest BCUT2D eigenvalue weighted by molar-refractivity contribution is 5.49. The molecule has 0 heteroatoms. The normalized spacial score (nSPS) is 38.7. The van der Waals surface area contributed by atoms with Crippen molar-refractivity contribution >= 4 is 0 Å². The van der Waals surface area contributed by atoms with Gasteiger partial charge in [-0.15, -0.1) is 0 Å². The fourth-order valence-corrected chi connectivity index (χ4v) is 2.24. The molecule has 0 radical (unpaired) electrons. The molecule has 0 nitrogen and oxygen atoms in total. The van der Waals surface area contributed by atoms with Crippen molar-refractivity contribution in [3.05, 3.63) is 11.1 Å². The smallest absolute Gasteiger partial charge is 0.00442 e. The minimum Gasteiger partial charge on any atom is -0.0624 e. The Kier molecular flexibility index (Phi) is 0.870. The van der Waals surface area contributed by atoms with Crippen LogP contribution in [0.5, 0.6) is 0 Å². The van der Waals surface area contributed by atoms with E-state index in [9.17, 15) is 0 Å². The van der Waals surface area contributed by atoms with Crippen LogP contribution in [0.3, 0.4) is 0 Å². The van der Waals surface area contributed by atoms with Gasteiger partial charge in [0.1, 0.15) is 0 Å². The lowest BCUT2D eigenvalue weighted by Gasteiger charge is -2.19. The maximum absolute atomic E-state index is 2.36. The van der Waals surface area contributed by atoms with E-state index >= 15 is 0 Å². The van der Waals surface area contributed by atoms with E-state index in [0.717, 1.165) is 17.8 Å².